The standard InChI is InChI=1S/C23H26N6O3/c1-16(10-24)12-29-13-18(11-26-29)17-8-20-21(9-17)25-3-2-22(20)27-4-6-28(7-5-27)23(30)32-19-14-31-15-19/h2-3,8,11,13,16,19H,4-7,9,12,14-15H2,1H3. The van der Waals surface area contributed by atoms with Gasteiger partial charge in [-0.3, -0.25) is 9.67 Å². The lowest BCUT2D eigenvalue weighted by Gasteiger charge is -2.37. The van der Waals surface area contributed by atoms with E-state index in [1.807, 2.05) is 30.2 Å². The van der Waals surface area contributed by atoms with Gasteiger partial charge in [-0.1, -0.05) is 0 Å². The fraction of sp³-hybridized carbons (Fsp3) is 0.478. The van der Waals surface area contributed by atoms with Gasteiger partial charge in [0.1, 0.15) is 0 Å². The largest absolute Gasteiger partial charge is 0.441 e. The summed E-state index contributed by atoms with van der Waals surface area (Å²) in [7, 11) is 0. The number of hydrogen-bond donors (Lipinski definition) is 0. The van der Waals surface area contributed by atoms with Crippen molar-refractivity contribution in [3.63, 3.8) is 0 Å². The zero-order valence-corrected chi connectivity index (χ0v) is 18.1. The molecule has 1 aliphatic carbocycles. The van der Waals surface area contributed by atoms with Crippen LogP contribution in [0.2, 0.25) is 0 Å². The molecule has 2 fully saturated rings. The van der Waals surface area contributed by atoms with Gasteiger partial charge in [0.2, 0.25) is 0 Å². The summed E-state index contributed by atoms with van der Waals surface area (Å²) in [5, 5.41) is 13.5. The van der Waals surface area contributed by atoms with Crippen LogP contribution in [0.25, 0.3) is 11.6 Å². The van der Waals surface area contributed by atoms with Gasteiger partial charge >= 0.3 is 6.09 Å². The Labute approximate surface area is 186 Å². The molecular weight excluding hydrogens is 408 g/mol. The normalized spacial score (nSPS) is 19.1. The van der Waals surface area contributed by atoms with Crippen molar-refractivity contribution >= 4 is 23.4 Å². The molecule has 0 aromatic carbocycles. The van der Waals surface area contributed by atoms with E-state index in [1.54, 1.807) is 4.90 Å². The number of pyridine rings is 1. The second kappa shape index (κ2) is 8.63. The summed E-state index contributed by atoms with van der Waals surface area (Å²) in [5.41, 5.74) is 5.59. The minimum Gasteiger partial charge on any atom is -0.441 e. The fourth-order valence-electron chi connectivity index (χ4n) is 4.25. The highest BCUT2D eigenvalue weighted by atomic mass is 16.6. The van der Waals surface area contributed by atoms with Crippen LogP contribution in [0.1, 0.15) is 23.7 Å². The van der Waals surface area contributed by atoms with Gasteiger partial charge in [-0.25, -0.2) is 4.79 Å². The summed E-state index contributed by atoms with van der Waals surface area (Å²) in [5.74, 6) is -0.0798. The number of carbonyl (C=O) groups is 1. The molecule has 2 aromatic heterocycles. The predicted octanol–water partition coefficient (Wildman–Crippen LogP) is 2.19. The summed E-state index contributed by atoms with van der Waals surface area (Å²) >= 11 is 0. The van der Waals surface area contributed by atoms with Crippen LogP contribution in [0.15, 0.2) is 24.7 Å². The number of hydrogen-bond acceptors (Lipinski definition) is 7. The van der Waals surface area contributed by atoms with Crippen LogP contribution in [0, 0.1) is 17.2 Å². The highest BCUT2D eigenvalue weighted by molar-refractivity contribution is 5.91. The average Bonchev–Trinajstić information content (AvgIpc) is 3.42. The highest BCUT2D eigenvalue weighted by Crippen LogP contribution is 2.36. The lowest BCUT2D eigenvalue weighted by Crippen LogP contribution is -2.51. The molecule has 0 N–H and O–H groups in total. The van der Waals surface area contributed by atoms with E-state index < -0.39 is 0 Å². The number of amides is 1. The number of piperazine rings is 1. The second-order valence-corrected chi connectivity index (χ2v) is 8.54. The number of nitriles is 1. The number of fused-ring (bicyclic) bond motifs is 1. The van der Waals surface area contributed by atoms with Crippen molar-refractivity contribution in [3.05, 3.63) is 41.5 Å². The maximum Gasteiger partial charge on any atom is 0.410 e. The van der Waals surface area contributed by atoms with Crippen molar-refractivity contribution in [1.82, 2.24) is 19.7 Å². The van der Waals surface area contributed by atoms with Crippen molar-refractivity contribution in [2.75, 3.05) is 44.3 Å². The van der Waals surface area contributed by atoms with Gasteiger partial charge < -0.3 is 19.3 Å². The lowest BCUT2D eigenvalue weighted by atomic mass is 10.1. The molecule has 2 aromatic rings. The molecule has 0 bridgehead atoms. The van der Waals surface area contributed by atoms with Crippen LogP contribution in [0.5, 0.6) is 0 Å². The third kappa shape index (κ3) is 4.06. The Morgan fingerprint density at radius 1 is 1.34 bits per heavy atom. The summed E-state index contributed by atoms with van der Waals surface area (Å²) in [6.07, 6.45) is 8.34. The molecule has 5 rings (SSSR count). The smallest absolute Gasteiger partial charge is 0.410 e. The summed E-state index contributed by atoms with van der Waals surface area (Å²) < 4.78 is 12.3. The molecule has 0 radical (unpaired) electrons. The van der Waals surface area contributed by atoms with Gasteiger partial charge in [-0.15, -0.1) is 0 Å². The first-order valence-electron chi connectivity index (χ1n) is 11.0. The first-order valence-corrected chi connectivity index (χ1v) is 11.0. The van der Waals surface area contributed by atoms with E-state index in [9.17, 15) is 4.79 Å². The van der Waals surface area contributed by atoms with Crippen molar-refractivity contribution < 1.29 is 14.3 Å². The molecule has 1 unspecified atom stereocenters. The Kier molecular flexibility index (Phi) is 5.53. The zero-order chi connectivity index (χ0) is 22.1. The number of nitrogens with zero attached hydrogens (tertiary/aromatic N) is 6. The van der Waals surface area contributed by atoms with Gasteiger partial charge in [0.05, 0.1) is 43.6 Å². The molecule has 0 saturated carbocycles. The first-order chi connectivity index (χ1) is 15.6. The number of allylic oxidation sites excluding steroid dienone is 1. The maximum absolute atomic E-state index is 12.3. The Bertz CT molecular complexity index is 1080. The maximum atomic E-state index is 12.3. The van der Waals surface area contributed by atoms with Gasteiger partial charge in [0, 0.05) is 61.8 Å². The number of aromatic nitrogens is 3. The SMILES string of the molecule is CC(C#N)Cn1cc(C2=Cc3c(N4CCN(C(=O)OC5COC5)CC4)ccnc3C2)cn1. The van der Waals surface area contributed by atoms with E-state index in [0.717, 1.165) is 42.0 Å². The molecule has 166 valence electrons. The van der Waals surface area contributed by atoms with Crippen LogP contribution in [-0.2, 0) is 22.4 Å². The quantitative estimate of drug-likeness (QED) is 0.712. The molecule has 1 amide bonds. The van der Waals surface area contributed by atoms with Crippen LogP contribution < -0.4 is 4.90 Å². The number of ether oxygens (including phenoxy) is 2. The minimum atomic E-state index is -0.247. The van der Waals surface area contributed by atoms with Crippen molar-refractivity contribution in [2.24, 2.45) is 5.92 Å². The topological polar surface area (TPSA) is 96.5 Å². The van der Waals surface area contributed by atoms with E-state index in [0.29, 0.717) is 32.8 Å². The van der Waals surface area contributed by atoms with Crippen molar-refractivity contribution in [1.29, 1.82) is 5.26 Å². The fourth-order valence-corrected chi connectivity index (χ4v) is 4.25. The molecule has 1 atom stereocenters. The Balaban J connectivity index is 1.26. The summed E-state index contributed by atoms with van der Waals surface area (Å²) in [4.78, 5) is 21.0. The molecule has 32 heavy (non-hydrogen) atoms. The van der Waals surface area contributed by atoms with Crippen LogP contribution >= 0.6 is 0 Å². The predicted molar refractivity (Wildman–Crippen MR) is 118 cm³/mol. The number of anilines is 1. The lowest BCUT2D eigenvalue weighted by molar-refractivity contribution is -0.104. The van der Waals surface area contributed by atoms with Crippen molar-refractivity contribution in [3.8, 4) is 6.07 Å². The van der Waals surface area contributed by atoms with E-state index in [-0.39, 0.29) is 18.1 Å². The number of rotatable bonds is 5. The zero-order valence-electron chi connectivity index (χ0n) is 18.1. The Morgan fingerprint density at radius 3 is 2.88 bits per heavy atom. The van der Waals surface area contributed by atoms with Gasteiger partial charge in [-0.2, -0.15) is 10.4 Å². The van der Waals surface area contributed by atoms with E-state index in [1.165, 1.54) is 5.57 Å². The Morgan fingerprint density at radius 2 is 2.16 bits per heavy atom. The second-order valence-electron chi connectivity index (χ2n) is 8.54. The van der Waals surface area contributed by atoms with Gasteiger partial charge in [0.25, 0.3) is 0 Å². The van der Waals surface area contributed by atoms with Crippen molar-refractivity contribution in [2.45, 2.75) is 26.0 Å². The summed E-state index contributed by atoms with van der Waals surface area (Å²) in [6, 6.07) is 4.30. The average molecular weight is 435 g/mol. The molecule has 3 aliphatic rings. The van der Waals surface area contributed by atoms with Crippen LogP contribution in [-0.4, -0.2) is 71.3 Å². The number of carbonyl (C=O) groups excluding carboxylic acids is 1. The van der Waals surface area contributed by atoms with Crippen LogP contribution in [0.4, 0.5) is 10.5 Å². The van der Waals surface area contributed by atoms with E-state index >= 15 is 0 Å². The van der Waals surface area contributed by atoms with Crippen LogP contribution in [0.3, 0.4) is 0 Å². The first kappa shape index (κ1) is 20.5. The minimum absolute atomic E-state index is 0.0798. The highest BCUT2D eigenvalue weighted by Gasteiger charge is 2.29. The monoisotopic (exact) mass is 434 g/mol. The molecule has 0 spiro atoms. The molecular formula is C23H26N6O3. The third-order valence-electron chi connectivity index (χ3n) is 6.16. The van der Waals surface area contributed by atoms with E-state index in [2.05, 4.69) is 33.2 Å². The molecule has 2 saturated heterocycles. The van der Waals surface area contributed by atoms with Gasteiger partial charge in [-0.05, 0) is 24.6 Å². The summed E-state index contributed by atoms with van der Waals surface area (Å²) in [6.45, 7) is 6.23. The van der Waals surface area contributed by atoms with Gasteiger partial charge in [0.15, 0.2) is 6.10 Å². The van der Waals surface area contributed by atoms with E-state index in [4.69, 9.17) is 14.7 Å². The molecule has 9 nitrogen and oxygen atoms in total. The Hall–Kier alpha value is -3.38. The molecule has 2 aliphatic heterocycles. The molecule has 9 heteroatoms. The molecule has 4 heterocycles. The third-order valence-corrected chi connectivity index (χ3v) is 6.16.